The number of likely N-dealkylation sites (N-methyl/N-ethyl adjacent to an activating group) is 1. The van der Waals surface area contributed by atoms with Gasteiger partial charge in [-0.2, -0.15) is 0 Å². The molecule has 1 fully saturated rings. The zero-order valence-corrected chi connectivity index (χ0v) is 21.3. The third-order valence-corrected chi connectivity index (χ3v) is 6.09. The van der Waals surface area contributed by atoms with Gasteiger partial charge in [0, 0.05) is 30.8 Å². The highest BCUT2D eigenvalue weighted by atomic mass is 16.5. The molecule has 190 valence electrons. The molecule has 0 saturated heterocycles. The summed E-state index contributed by atoms with van der Waals surface area (Å²) in [6.07, 6.45) is 4.20. The number of rotatable bonds is 9. The van der Waals surface area contributed by atoms with Gasteiger partial charge in [-0.05, 0) is 52.8 Å². The molecular formula is C26H37N5O4. The second kappa shape index (κ2) is 12.6. The topological polar surface area (TPSA) is 126 Å². The Morgan fingerprint density at radius 2 is 1.89 bits per heavy atom. The summed E-state index contributed by atoms with van der Waals surface area (Å²) >= 11 is 0. The molecule has 0 aliphatic heterocycles. The van der Waals surface area contributed by atoms with Crippen molar-refractivity contribution in [2.24, 2.45) is 0 Å². The van der Waals surface area contributed by atoms with Crippen LogP contribution in [0.5, 0.6) is 5.75 Å². The number of ether oxygens (including phenoxy) is 1. The van der Waals surface area contributed by atoms with E-state index in [0.29, 0.717) is 24.2 Å². The Hall–Kier alpha value is -3.01. The SMILES string of the molecule is CNCC(O)COc1cccc(-c2nc(NC3CCCC3)c(C)c(-c3c(C)noc3C)n2)c1.CO. The summed E-state index contributed by atoms with van der Waals surface area (Å²) in [5.74, 6) is 2.86. The first-order valence-electron chi connectivity index (χ1n) is 12.0. The first-order valence-corrected chi connectivity index (χ1v) is 12.0. The Morgan fingerprint density at radius 1 is 1.14 bits per heavy atom. The lowest BCUT2D eigenvalue weighted by atomic mass is 10.0. The van der Waals surface area contributed by atoms with Crippen LogP contribution in [0.3, 0.4) is 0 Å². The summed E-state index contributed by atoms with van der Waals surface area (Å²) in [7, 11) is 2.80. The molecule has 1 saturated carbocycles. The minimum atomic E-state index is -0.581. The standard InChI is InChI=1S/C25H33N5O3.CH4O/c1-15-23(22-16(2)30-33-17(22)3)28-25(29-24(15)27-19-9-5-6-10-19)18-8-7-11-21(12-18)32-14-20(31)13-26-4;1-2/h7-8,11-12,19-20,26,31H,5-6,9-10,13-14H2,1-4H3,(H,27,28,29);2H,1H3. The molecule has 0 bridgehead atoms. The lowest BCUT2D eigenvalue weighted by molar-refractivity contribution is 0.108. The van der Waals surface area contributed by atoms with Gasteiger partial charge in [0.05, 0.1) is 17.0 Å². The fourth-order valence-electron chi connectivity index (χ4n) is 4.33. The summed E-state index contributed by atoms with van der Waals surface area (Å²) in [6, 6.07) is 8.09. The van der Waals surface area contributed by atoms with Crippen LogP contribution in [0.4, 0.5) is 5.82 Å². The molecule has 1 atom stereocenters. The monoisotopic (exact) mass is 483 g/mol. The highest BCUT2D eigenvalue weighted by molar-refractivity contribution is 5.74. The van der Waals surface area contributed by atoms with Crippen LogP contribution < -0.4 is 15.4 Å². The smallest absolute Gasteiger partial charge is 0.162 e. The number of nitrogens with one attached hydrogen (secondary N) is 2. The van der Waals surface area contributed by atoms with Gasteiger partial charge in [0.25, 0.3) is 0 Å². The first-order chi connectivity index (χ1) is 17.0. The lowest BCUT2D eigenvalue weighted by Crippen LogP contribution is -2.29. The summed E-state index contributed by atoms with van der Waals surface area (Å²) in [4.78, 5) is 9.86. The number of aromatic nitrogens is 3. The molecule has 1 aromatic carbocycles. The van der Waals surface area contributed by atoms with Crippen molar-refractivity contribution >= 4 is 5.82 Å². The van der Waals surface area contributed by atoms with Crippen molar-refractivity contribution in [3.63, 3.8) is 0 Å². The van der Waals surface area contributed by atoms with Crippen LogP contribution >= 0.6 is 0 Å². The Morgan fingerprint density at radius 3 is 2.54 bits per heavy atom. The zero-order valence-electron chi connectivity index (χ0n) is 21.3. The molecule has 2 heterocycles. The van der Waals surface area contributed by atoms with Gasteiger partial charge >= 0.3 is 0 Å². The Balaban J connectivity index is 0.00000167. The Bertz CT molecular complexity index is 1080. The zero-order chi connectivity index (χ0) is 25.4. The minimum Gasteiger partial charge on any atom is -0.491 e. The van der Waals surface area contributed by atoms with Gasteiger partial charge in [0.2, 0.25) is 0 Å². The molecule has 9 nitrogen and oxygen atoms in total. The fourth-order valence-corrected chi connectivity index (χ4v) is 4.33. The molecule has 4 N–H and O–H groups in total. The van der Waals surface area contributed by atoms with Crippen molar-refractivity contribution in [2.75, 3.05) is 32.6 Å². The van der Waals surface area contributed by atoms with Gasteiger partial charge in [-0.1, -0.05) is 30.1 Å². The average Bonchev–Trinajstić information content (AvgIpc) is 3.50. The van der Waals surface area contributed by atoms with Gasteiger partial charge in [-0.25, -0.2) is 9.97 Å². The quantitative estimate of drug-likeness (QED) is 0.361. The van der Waals surface area contributed by atoms with Crippen LogP contribution in [0.15, 0.2) is 28.8 Å². The van der Waals surface area contributed by atoms with Gasteiger partial charge in [-0.15, -0.1) is 0 Å². The van der Waals surface area contributed by atoms with E-state index in [2.05, 4.69) is 15.8 Å². The third-order valence-electron chi connectivity index (χ3n) is 6.09. The van der Waals surface area contributed by atoms with Gasteiger partial charge in [0.15, 0.2) is 5.82 Å². The molecule has 0 amide bonds. The van der Waals surface area contributed by atoms with Crippen molar-refractivity contribution in [1.29, 1.82) is 0 Å². The maximum Gasteiger partial charge on any atom is 0.162 e. The number of nitrogens with zero attached hydrogens (tertiary/aromatic N) is 3. The first kappa shape index (κ1) is 26.6. The van der Waals surface area contributed by atoms with Crippen molar-refractivity contribution < 1.29 is 19.5 Å². The average molecular weight is 484 g/mol. The van der Waals surface area contributed by atoms with Gasteiger partial charge in [0.1, 0.15) is 30.0 Å². The van der Waals surface area contributed by atoms with Crippen LogP contribution in [0, 0.1) is 20.8 Å². The molecule has 9 heteroatoms. The van der Waals surface area contributed by atoms with E-state index in [0.717, 1.165) is 59.6 Å². The number of aryl methyl sites for hydroxylation is 2. The van der Waals surface area contributed by atoms with E-state index in [1.807, 2.05) is 45.0 Å². The normalized spacial score (nSPS) is 14.4. The third kappa shape index (κ3) is 6.56. The summed E-state index contributed by atoms with van der Waals surface area (Å²) in [5.41, 5.74) is 4.38. The van der Waals surface area contributed by atoms with Crippen molar-refractivity contribution in [3.05, 3.63) is 41.3 Å². The summed E-state index contributed by atoms with van der Waals surface area (Å²) in [5, 5.41) is 27.7. The summed E-state index contributed by atoms with van der Waals surface area (Å²) in [6.45, 7) is 6.56. The number of hydrogen-bond acceptors (Lipinski definition) is 9. The van der Waals surface area contributed by atoms with E-state index in [-0.39, 0.29) is 6.61 Å². The largest absolute Gasteiger partial charge is 0.491 e. The second-order valence-corrected chi connectivity index (χ2v) is 8.74. The van der Waals surface area contributed by atoms with Crippen LogP contribution in [0.25, 0.3) is 22.6 Å². The number of hydrogen-bond donors (Lipinski definition) is 4. The molecule has 0 radical (unpaired) electrons. The Labute approximate surface area is 206 Å². The van der Waals surface area contributed by atoms with E-state index in [1.165, 1.54) is 12.8 Å². The molecule has 4 rings (SSSR count). The predicted molar refractivity (Wildman–Crippen MR) is 137 cm³/mol. The predicted octanol–water partition coefficient (Wildman–Crippen LogP) is 3.65. The van der Waals surface area contributed by atoms with Crippen LogP contribution in [0.2, 0.25) is 0 Å². The maximum absolute atomic E-state index is 9.96. The van der Waals surface area contributed by atoms with Crippen molar-refractivity contribution in [1.82, 2.24) is 20.4 Å². The fraction of sp³-hybridized carbons (Fsp3) is 0.500. The number of aliphatic hydroxyl groups is 2. The molecule has 2 aromatic heterocycles. The number of aliphatic hydroxyl groups excluding tert-OH is 2. The van der Waals surface area contributed by atoms with E-state index < -0.39 is 6.10 Å². The molecule has 3 aromatic rings. The lowest BCUT2D eigenvalue weighted by Gasteiger charge is -2.18. The molecule has 1 aliphatic rings. The van der Waals surface area contributed by atoms with E-state index >= 15 is 0 Å². The molecule has 1 aliphatic carbocycles. The highest BCUT2D eigenvalue weighted by Gasteiger charge is 2.23. The van der Waals surface area contributed by atoms with E-state index in [9.17, 15) is 5.11 Å². The van der Waals surface area contributed by atoms with E-state index in [1.54, 1.807) is 7.05 Å². The van der Waals surface area contributed by atoms with Crippen molar-refractivity contribution in [2.45, 2.75) is 58.6 Å². The number of anilines is 1. The second-order valence-electron chi connectivity index (χ2n) is 8.74. The maximum atomic E-state index is 9.96. The Kier molecular flexibility index (Phi) is 9.59. The summed E-state index contributed by atoms with van der Waals surface area (Å²) < 4.78 is 11.2. The van der Waals surface area contributed by atoms with Crippen LogP contribution in [-0.4, -0.2) is 64.8 Å². The molecular weight excluding hydrogens is 446 g/mol. The molecule has 35 heavy (non-hydrogen) atoms. The highest BCUT2D eigenvalue weighted by Crippen LogP contribution is 2.34. The van der Waals surface area contributed by atoms with Gasteiger partial charge in [-0.3, -0.25) is 0 Å². The molecule has 0 spiro atoms. The van der Waals surface area contributed by atoms with Crippen molar-refractivity contribution in [3.8, 4) is 28.4 Å². The minimum absolute atomic E-state index is 0.206. The number of benzene rings is 1. The van der Waals surface area contributed by atoms with Gasteiger partial charge < -0.3 is 30.1 Å². The van der Waals surface area contributed by atoms with Crippen LogP contribution in [0.1, 0.15) is 42.7 Å². The van der Waals surface area contributed by atoms with Crippen LogP contribution in [-0.2, 0) is 0 Å². The van der Waals surface area contributed by atoms with E-state index in [4.69, 9.17) is 24.3 Å². The molecule has 1 unspecified atom stereocenters.